The van der Waals surface area contributed by atoms with Gasteiger partial charge in [0.1, 0.15) is 5.75 Å². The number of hydrogen-bond acceptors (Lipinski definition) is 4. The molecule has 0 aromatic heterocycles. The van der Waals surface area contributed by atoms with E-state index in [0.29, 0.717) is 31.6 Å². The molecule has 1 fully saturated rings. The number of ether oxygens (including phenoxy) is 1. The van der Waals surface area contributed by atoms with Gasteiger partial charge >= 0.3 is 6.61 Å². The molecule has 24 heavy (non-hydrogen) atoms. The quantitative estimate of drug-likeness (QED) is 0.812. The van der Waals surface area contributed by atoms with E-state index in [9.17, 15) is 18.4 Å². The molecule has 2 amide bonds. The van der Waals surface area contributed by atoms with Crippen LogP contribution in [-0.2, 0) is 9.59 Å². The lowest BCUT2D eigenvalue weighted by Crippen LogP contribution is -2.43. The van der Waals surface area contributed by atoms with Crippen molar-refractivity contribution >= 4 is 29.1 Å². The maximum atomic E-state index is 12.2. The molecule has 0 atom stereocenters. The molecule has 0 unspecified atom stereocenters. The highest BCUT2D eigenvalue weighted by Crippen LogP contribution is 2.28. The van der Waals surface area contributed by atoms with Crippen LogP contribution in [0.5, 0.6) is 5.75 Å². The first-order valence-electron chi connectivity index (χ1n) is 7.42. The van der Waals surface area contributed by atoms with Gasteiger partial charge in [0.25, 0.3) is 0 Å². The third kappa shape index (κ3) is 4.95. The van der Waals surface area contributed by atoms with E-state index in [4.69, 9.17) is 17.3 Å². The van der Waals surface area contributed by atoms with Crippen molar-refractivity contribution in [1.82, 2.24) is 4.90 Å². The number of nitrogens with two attached hydrogens (primary N) is 1. The van der Waals surface area contributed by atoms with Crippen molar-refractivity contribution in [2.45, 2.75) is 19.5 Å². The standard InChI is InChI=1S/C15H18ClF2N3O3/c16-11-7-10(1-2-12(11)24-15(17)18)20-8-13(22)21-5-3-9(4-6-21)14(19)23/h1-2,7,9,15,20H,3-6,8H2,(H2,19,23). The van der Waals surface area contributed by atoms with Gasteiger partial charge in [0.15, 0.2) is 0 Å². The van der Waals surface area contributed by atoms with Gasteiger partial charge in [-0.15, -0.1) is 0 Å². The third-order valence-corrected chi connectivity index (χ3v) is 4.14. The van der Waals surface area contributed by atoms with E-state index in [1.165, 1.54) is 18.2 Å². The number of benzene rings is 1. The molecule has 1 aliphatic heterocycles. The predicted octanol–water partition coefficient (Wildman–Crippen LogP) is 2.08. The molecule has 0 bridgehead atoms. The van der Waals surface area contributed by atoms with E-state index in [2.05, 4.69) is 10.1 Å². The average Bonchev–Trinajstić information content (AvgIpc) is 2.54. The average molecular weight is 362 g/mol. The maximum absolute atomic E-state index is 12.2. The Bertz CT molecular complexity index is 608. The second-order valence-electron chi connectivity index (χ2n) is 5.43. The molecule has 0 saturated carbocycles. The van der Waals surface area contributed by atoms with Crippen LogP contribution in [-0.4, -0.2) is 43.0 Å². The van der Waals surface area contributed by atoms with Gasteiger partial charge in [-0.05, 0) is 31.0 Å². The zero-order chi connectivity index (χ0) is 17.7. The van der Waals surface area contributed by atoms with Crippen LogP contribution >= 0.6 is 11.6 Å². The smallest absolute Gasteiger partial charge is 0.387 e. The zero-order valence-electron chi connectivity index (χ0n) is 12.8. The Kier molecular flexibility index (Phi) is 6.19. The highest BCUT2D eigenvalue weighted by molar-refractivity contribution is 6.32. The molecule has 9 heteroatoms. The molecule has 1 saturated heterocycles. The minimum atomic E-state index is -2.95. The lowest BCUT2D eigenvalue weighted by molar-refractivity contribution is -0.133. The molecule has 6 nitrogen and oxygen atoms in total. The molecule has 1 aromatic rings. The first kappa shape index (κ1) is 18.3. The number of nitrogens with one attached hydrogen (secondary N) is 1. The molecule has 1 aliphatic rings. The van der Waals surface area contributed by atoms with Crippen molar-refractivity contribution in [3.8, 4) is 5.75 Å². The van der Waals surface area contributed by atoms with Crippen LogP contribution in [0.4, 0.5) is 14.5 Å². The van der Waals surface area contributed by atoms with Gasteiger partial charge in [0.05, 0.1) is 11.6 Å². The minimum Gasteiger partial charge on any atom is -0.433 e. The number of halogens is 3. The molecule has 0 aliphatic carbocycles. The van der Waals surface area contributed by atoms with Crippen molar-refractivity contribution in [3.05, 3.63) is 23.2 Å². The minimum absolute atomic E-state index is 0.0232. The van der Waals surface area contributed by atoms with E-state index in [-0.39, 0.29) is 35.0 Å². The summed E-state index contributed by atoms with van der Waals surface area (Å²) in [4.78, 5) is 24.9. The van der Waals surface area contributed by atoms with E-state index in [0.717, 1.165) is 0 Å². The van der Waals surface area contributed by atoms with Crippen LogP contribution in [0.25, 0.3) is 0 Å². The number of amides is 2. The highest BCUT2D eigenvalue weighted by atomic mass is 35.5. The molecule has 0 radical (unpaired) electrons. The van der Waals surface area contributed by atoms with Crippen LogP contribution < -0.4 is 15.8 Å². The van der Waals surface area contributed by atoms with Crippen molar-refractivity contribution in [1.29, 1.82) is 0 Å². The first-order valence-corrected chi connectivity index (χ1v) is 7.80. The Morgan fingerprint density at radius 2 is 2.04 bits per heavy atom. The summed E-state index contributed by atoms with van der Waals surface area (Å²) in [6, 6.07) is 4.21. The molecule has 2 rings (SSSR count). The summed E-state index contributed by atoms with van der Waals surface area (Å²) in [7, 11) is 0. The molecule has 3 N–H and O–H groups in total. The highest BCUT2D eigenvalue weighted by Gasteiger charge is 2.25. The Morgan fingerprint density at radius 1 is 1.38 bits per heavy atom. The van der Waals surface area contributed by atoms with Gasteiger partial charge in [-0.1, -0.05) is 11.6 Å². The Morgan fingerprint density at radius 3 is 2.58 bits per heavy atom. The molecule has 132 valence electrons. The van der Waals surface area contributed by atoms with Crippen LogP contribution in [0.15, 0.2) is 18.2 Å². The van der Waals surface area contributed by atoms with Crippen molar-refractivity contribution in [3.63, 3.8) is 0 Å². The Hall–Kier alpha value is -2.09. The molecule has 1 heterocycles. The number of anilines is 1. The van der Waals surface area contributed by atoms with Crippen LogP contribution in [0.1, 0.15) is 12.8 Å². The summed E-state index contributed by atoms with van der Waals surface area (Å²) in [5.41, 5.74) is 5.77. The van der Waals surface area contributed by atoms with E-state index >= 15 is 0 Å². The van der Waals surface area contributed by atoms with E-state index in [1.807, 2.05) is 0 Å². The first-order chi connectivity index (χ1) is 11.4. The van der Waals surface area contributed by atoms with Crippen molar-refractivity contribution in [2.24, 2.45) is 11.7 Å². The molecular weight excluding hydrogens is 344 g/mol. The van der Waals surface area contributed by atoms with Gasteiger partial charge in [-0.25, -0.2) is 0 Å². The number of alkyl halides is 2. The second-order valence-corrected chi connectivity index (χ2v) is 5.84. The largest absolute Gasteiger partial charge is 0.433 e. The number of carbonyl (C=O) groups is 2. The number of primary amides is 1. The molecule has 0 spiro atoms. The van der Waals surface area contributed by atoms with E-state index in [1.54, 1.807) is 4.90 Å². The SMILES string of the molecule is NC(=O)C1CCN(C(=O)CNc2ccc(OC(F)F)c(Cl)c2)CC1. The van der Waals surface area contributed by atoms with Crippen LogP contribution in [0.2, 0.25) is 5.02 Å². The fourth-order valence-corrected chi connectivity index (χ4v) is 2.73. The van der Waals surface area contributed by atoms with E-state index < -0.39 is 6.61 Å². The van der Waals surface area contributed by atoms with Gasteiger partial charge in [0, 0.05) is 24.7 Å². The summed E-state index contributed by atoms with van der Waals surface area (Å²) in [5, 5.41) is 2.91. The zero-order valence-corrected chi connectivity index (χ0v) is 13.6. The number of hydrogen-bond donors (Lipinski definition) is 2. The topological polar surface area (TPSA) is 84.7 Å². The number of carbonyl (C=O) groups excluding carboxylic acids is 2. The van der Waals surface area contributed by atoms with Crippen LogP contribution in [0, 0.1) is 5.92 Å². The monoisotopic (exact) mass is 361 g/mol. The number of nitrogens with zero attached hydrogens (tertiary/aromatic N) is 1. The third-order valence-electron chi connectivity index (χ3n) is 3.84. The van der Waals surface area contributed by atoms with Crippen LogP contribution in [0.3, 0.4) is 0 Å². The lowest BCUT2D eigenvalue weighted by Gasteiger charge is -2.30. The summed E-state index contributed by atoms with van der Waals surface area (Å²) >= 11 is 5.85. The van der Waals surface area contributed by atoms with Gasteiger partial charge < -0.3 is 20.7 Å². The van der Waals surface area contributed by atoms with Crippen molar-refractivity contribution < 1.29 is 23.1 Å². The second kappa shape index (κ2) is 8.14. The predicted molar refractivity (Wildman–Crippen MR) is 85.1 cm³/mol. The molecule has 1 aromatic carbocycles. The fraction of sp³-hybridized carbons (Fsp3) is 0.467. The normalized spacial score (nSPS) is 15.4. The number of rotatable bonds is 6. The summed E-state index contributed by atoms with van der Waals surface area (Å²) in [6.07, 6.45) is 1.12. The summed E-state index contributed by atoms with van der Waals surface area (Å²) in [6.45, 7) is -1.95. The summed E-state index contributed by atoms with van der Waals surface area (Å²) in [5.74, 6) is -0.761. The lowest BCUT2D eigenvalue weighted by atomic mass is 9.96. The maximum Gasteiger partial charge on any atom is 0.387 e. The number of likely N-dealkylation sites (tertiary alicyclic amines) is 1. The fourth-order valence-electron chi connectivity index (χ4n) is 2.51. The Balaban J connectivity index is 1.84. The number of piperidine rings is 1. The van der Waals surface area contributed by atoms with Gasteiger partial charge in [-0.2, -0.15) is 8.78 Å². The van der Waals surface area contributed by atoms with Gasteiger partial charge in [0.2, 0.25) is 11.8 Å². The molecular formula is C15H18ClF2N3O3. The summed E-state index contributed by atoms with van der Waals surface area (Å²) < 4.78 is 28.6. The Labute approximate surface area is 142 Å². The van der Waals surface area contributed by atoms with Gasteiger partial charge in [-0.3, -0.25) is 9.59 Å². The van der Waals surface area contributed by atoms with Crippen molar-refractivity contribution in [2.75, 3.05) is 25.0 Å².